The quantitative estimate of drug-likeness (QED) is 0.746. The van der Waals surface area contributed by atoms with E-state index in [9.17, 15) is 4.79 Å². The smallest absolute Gasteiger partial charge is 0.180 e. The summed E-state index contributed by atoms with van der Waals surface area (Å²) >= 11 is 0. The van der Waals surface area contributed by atoms with E-state index in [0.717, 1.165) is 0 Å². The van der Waals surface area contributed by atoms with Crippen molar-refractivity contribution in [3.05, 3.63) is 24.0 Å². The molecule has 0 atom stereocenters. The first-order chi connectivity index (χ1) is 7.69. The van der Waals surface area contributed by atoms with E-state index in [1.54, 1.807) is 26.4 Å². The SMILES string of the molecule is COc1ccc(OC)c2c(C(C)=O)coc12. The lowest BCUT2D eigenvalue weighted by atomic mass is 10.1. The number of ketones is 1. The van der Waals surface area contributed by atoms with Crippen molar-refractivity contribution < 1.29 is 18.7 Å². The van der Waals surface area contributed by atoms with Crippen LogP contribution in [0.1, 0.15) is 17.3 Å². The van der Waals surface area contributed by atoms with Crippen LogP contribution >= 0.6 is 0 Å². The Balaban J connectivity index is 2.82. The lowest BCUT2D eigenvalue weighted by molar-refractivity contribution is 0.101. The van der Waals surface area contributed by atoms with Gasteiger partial charge in [-0.05, 0) is 19.1 Å². The maximum absolute atomic E-state index is 11.4. The maximum atomic E-state index is 11.4. The highest BCUT2D eigenvalue weighted by atomic mass is 16.5. The molecule has 0 amide bonds. The summed E-state index contributed by atoms with van der Waals surface area (Å²) in [6, 6.07) is 3.50. The number of carbonyl (C=O) groups excluding carboxylic acids is 1. The molecule has 4 nitrogen and oxygen atoms in total. The van der Waals surface area contributed by atoms with E-state index in [2.05, 4.69) is 0 Å². The Hall–Kier alpha value is -1.97. The third-order valence-electron chi connectivity index (χ3n) is 2.47. The number of hydrogen-bond donors (Lipinski definition) is 0. The fraction of sp³-hybridized carbons (Fsp3) is 0.250. The monoisotopic (exact) mass is 220 g/mol. The number of methoxy groups -OCH3 is 2. The number of furan rings is 1. The van der Waals surface area contributed by atoms with Gasteiger partial charge in [-0.25, -0.2) is 0 Å². The Morgan fingerprint density at radius 2 is 1.81 bits per heavy atom. The molecule has 0 saturated carbocycles. The minimum absolute atomic E-state index is 0.0645. The van der Waals surface area contributed by atoms with E-state index in [1.807, 2.05) is 0 Å². The average Bonchev–Trinajstić information content (AvgIpc) is 2.72. The molecule has 1 aromatic heterocycles. The molecule has 0 radical (unpaired) electrons. The summed E-state index contributed by atoms with van der Waals surface area (Å²) in [5.74, 6) is 1.13. The number of rotatable bonds is 3. The first kappa shape index (κ1) is 10.5. The largest absolute Gasteiger partial charge is 0.496 e. The Morgan fingerprint density at radius 3 is 2.38 bits per heavy atom. The molecular formula is C12H12O4. The molecular weight excluding hydrogens is 208 g/mol. The van der Waals surface area contributed by atoms with Crippen molar-refractivity contribution in [2.45, 2.75) is 6.92 Å². The molecule has 84 valence electrons. The van der Waals surface area contributed by atoms with E-state index in [0.29, 0.717) is 28.0 Å². The molecule has 0 N–H and O–H groups in total. The second-order valence-electron chi connectivity index (χ2n) is 3.38. The lowest BCUT2D eigenvalue weighted by Gasteiger charge is -2.05. The summed E-state index contributed by atoms with van der Waals surface area (Å²) in [6.45, 7) is 1.49. The van der Waals surface area contributed by atoms with Crippen LogP contribution in [0.15, 0.2) is 22.8 Å². The Bertz CT molecular complexity index is 539. The predicted octanol–water partition coefficient (Wildman–Crippen LogP) is 2.65. The number of hydrogen-bond acceptors (Lipinski definition) is 4. The number of benzene rings is 1. The van der Waals surface area contributed by atoms with Gasteiger partial charge in [-0.2, -0.15) is 0 Å². The average molecular weight is 220 g/mol. The molecule has 0 fully saturated rings. The highest BCUT2D eigenvalue weighted by Crippen LogP contribution is 2.36. The lowest BCUT2D eigenvalue weighted by Crippen LogP contribution is -1.93. The van der Waals surface area contributed by atoms with Crippen molar-refractivity contribution in [3.63, 3.8) is 0 Å². The van der Waals surface area contributed by atoms with Crippen LogP contribution in [0.25, 0.3) is 11.0 Å². The highest BCUT2D eigenvalue weighted by molar-refractivity contribution is 6.09. The van der Waals surface area contributed by atoms with Crippen LogP contribution in [0, 0.1) is 0 Å². The van der Waals surface area contributed by atoms with Gasteiger partial charge in [-0.1, -0.05) is 0 Å². The van der Waals surface area contributed by atoms with Gasteiger partial charge in [0, 0.05) is 0 Å². The van der Waals surface area contributed by atoms with Crippen molar-refractivity contribution in [1.82, 2.24) is 0 Å². The van der Waals surface area contributed by atoms with Gasteiger partial charge in [-0.3, -0.25) is 4.79 Å². The summed E-state index contributed by atoms with van der Waals surface area (Å²) in [6.07, 6.45) is 1.43. The number of ether oxygens (including phenoxy) is 2. The van der Waals surface area contributed by atoms with E-state index in [-0.39, 0.29) is 5.78 Å². The molecule has 16 heavy (non-hydrogen) atoms. The van der Waals surface area contributed by atoms with Gasteiger partial charge in [-0.15, -0.1) is 0 Å². The summed E-state index contributed by atoms with van der Waals surface area (Å²) < 4.78 is 15.7. The van der Waals surface area contributed by atoms with Gasteiger partial charge in [0.1, 0.15) is 12.0 Å². The van der Waals surface area contributed by atoms with Crippen molar-refractivity contribution >= 4 is 16.8 Å². The third kappa shape index (κ3) is 1.43. The van der Waals surface area contributed by atoms with Crippen LogP contribution in [-0.2, 0) is 0 Å². The van der Waals surface area contributed by atoms with Gasteiger partial charge in [0.2, 0.25) is 0 Å². The van der Waals surface area contributed by atoms with Crippen molar-refractivity contribution in [3.8, 4) is 11.5 Å². The maximum Gasteiger partial charge on any atom is 0.180 e. The zero-order chi connectivity index (χ0) is 11.7. The second-order valence-corrected chi connectivity index (χ2v) is 3.38. The minimum atomic E-state index is -0.0645. The molecule has 0 saturated heterocycles. The van der Waals surface area contributed by atoms with Gasteiger partial charge in [0.25, 0.3) is 0 Å². The summed E-state index contributed by atoms with van der Waals surface area (Å²) in [5.41, 5.74) is 1.04. The zero-order valence-electron chi connectivity index (χ0n) is 9.37. The third-order valence-corrected chi connectivity index (χ3v) is 2.47. The molecule has 2 aromatic rings. The minimum Gasteiger partial charge on any atom is -0.496 e. The first-order valence-corrected chi connectivity index (χ1v) is 4.82. The van der Waals surface area contributed by atoms with Crippen LogP contribution in [0.2, 0.25) is 0 Å². The topological polar surface area (TPSA) is 48.7 Å². The van der Waals surface area contributed by atoms with E-state index in [1.165, 1.54) is 13.2 Å². The number of carbonyl (C=O) groups is 1. The van der Waals surface area contributed by atoms with E-state index >= 15 is 0 Å². The molecule has 1 heterocycles. The van der Waals surface area contributed by atoms with Crippen LogP contribution in [0.3, 0.4) is 0 Å². The molecule has 0 unspecified atom stereocenters. The van der Waals surface area contributed by atoms with Gasteiger partial charge in [0.15, 0.2) is 17.1 Å². The molecule has 0 aliphatic heterocycles. The fourth-order valence-corrected chi connectivity index (χ4v) is 1.68. The first-order valence-electron chi connectivity index (χ1n) is 4.82. The van der Waals surface area contributed by atoms with Crippen LogP contribution in [0.4, 0.5) is 0 Å². The molecule has 2 rings (SSSR count). The molecule has 0 bridgehead atoms. The summed E-state index contributed by atoms with van der Waals surface area (Å²) in [5, 5.41) is 0.661. The van der Waals surface area contributed by atoms with E-state index in [4.69, 9.17) is 13.9 Å². The molecule has 1 aromatic carbocycles. The Kier molecular flexibility index (Phi) is 2.56. The van der Waals surface area contributed by atoms with Gasteiger partial charge < -0.3 is 13.9 Å². The Labute approximate surface area is 92.8 Å². The van der Waals surface area contributed by atoms with Crippen LogP contribution in [-0.4, -0.2) is 20.0 Å². The molecule has 4 heteroatoms. The van der Waals surface area contributed by atoms with Gasteiger partial charge >= 0.3 is 0 Å². The van der Waals surface area contributed by atoms with E-state index < -0.39 is 0 Å². The zero-order valence-corrected chi connectivity index (χ0v) is 9.37. The van der Waals surface area contributed by atoms with Gasteiger partial charge in [0.05, 0.1) is 25.2 Å². The molecule has 0 aliphatic rings. The summed E-state index contributed by atoms with van der Waals surface area (Å²) in [7, 11) is 3.11. The Morgan fingerprint density at radius 1 is 1.19 bits per heavy atom. The predicted molar refractivity (Wildman–Crippen MR) is 59.3 cm³/mol. The summed E-state index contributed by atoms with van der Waals surface area (Å²) in [4.78, 5) is 11.4. The standard InChI is InChI=1S/C12H12O4/c1-7(13)8-6-16-12-10(15-3)5-4-9(14-2)11(8)12/h4-6H,1-3H3. The van der Waals surface area contributed by atoms with Crippen LogP contribution in [0.5, 0.6) is 11.5 Å². The normalized spacial score (nSPS) is 10.4. The number of Topliss-reactive ketones (excluding diaryl/α,β-unsaturated/α-hetero) is 1. The van der Waals surface area contributed by atoms with Crippen molar-refractivity contribution in [1.29, 1.82) is 0 Å². The fourth-order valence-electron chi connectivity index (χ4n) is 1.68. The molecule has 0 aliphatic carbocycles. The van der Waals surface area contributed by atoms with Crippen LogP contribution < -0.4 is 9.47 Å². The van der Waals surface area contributed by atoms with Crippen molar-refractivity contribution in [2.24, 2.45) is 0 Å². The molecule has 0 spiro atoms. The highest BCUT2D eigenvalue weighted by Gasteiger charge is 2.17. The second kappa shape index (κ2) is 3.89. The van der Waals surface area contributed by atoms with Crippen molar-refractivity contribution in [2.75, 3.05) is 14.2 Å². The number of fused-ring (bicyclic) bond motifs is 1.